The lowest BCUT2D eigenvalue weighted by atomic mass is 9.67. The van der Waals surface area contributed by atoms with Gasteiger partial charge in [-0.15, -0.1) is 0 Å². The zero-order valence-corrected chi connectivity index (χ0v) is 15.3. The minimum atomic E-state index is -0.880. The lowest BCUT2D eigenvalue weighted by molar-refractivity contribution is 0.0690. The number of carbonyl (C=O) groups is 2. The molecule has 7 heteroatoms. The van der Waals surface area contributed by atoms with Gasteiger partial charge in [-0.25, -0.2) is 4.79 Å². The van der Waals surface area contributed by atoms with Gasteiger partial charge in [0.2, 0.25) is 0 Å². The number of halogens is 1. The van der Waals surface area contributed by atoms with Gasteiger partial charge in [0.05, 0.1) is 16.6 Å². The highest BCUT2D eigenvalue weighted by Crippen LogP contribution is 2.47. The first-order valence-electron chi connectivity index (χ1n) is 7.89. The van der Waals surface area contributed by atoms with Gasteiger partial charge in [0.25, 0.3) is 0 Å². The van der Waals surface area contributed by atoms with Crippen molar-refractivity contribution in [3.05, 3.63) is 17.5 Å². The van der Waals surface area contributed by atoms with Crippen LogP contribution in [0.15, 0.2) is 6.20 Å². The van der Waals surface area contributed by atoms with E-state index in [2.05, 4.69) is 21.0 Å². The predicted molar refractivity (Wildman–Crippen MR) is 89.2 cm³/mol. The Bertz CT molecular complexity index is 654. The summed E-state index contributed by atoms with van der Waals surface area (Å²) >= 11 is 3.63. The standard InChI is InChI=1S/C16H22BrN3O3/c1-15(2,3)20-11-10(9-18-20)8-16(13(17)12(11)21)4-6-19(7-5-16)14(22)23/h9,13H,4-8H2,1-3H3,(H,22,23). The maximum absolute atomic E-state index is 13.0. The van der Waals surface area contributed by atoms with Crippen LogP contribution in [0.3, 0.4) is 0 Å². The molecule has 1 atom stereocenters. The smallest absolute Gasteiger partial charge is 0.407 e. The normalized spacial score (nSPS) is 23.9. The van der Waals surface area contributed by atoms with Crippen molar-refractivity contribution >= 4 is 27.8 Å². The van der Waals surface area contributed by atoms with Crippen LogP contribution in [0.2, 0.25) is 0 Å². The molecule has 1 aliphatic heterocycles. The molecule has 1 aromatic heterocycles. The number of aromatic nitrogens is 2. The lowest BCUT2D eigenvalue weighted by Gasteiger charge is -2.46. The van der Waals surface area contributed by atoms with Gasteiger partial charge in [-0.3, -0.25) is 9.48 Å². The molecule has 1 saturated heterocycles. The van der Waals surface area contributed by atoms with Gasteiger partial charge in [0.1, 0.15) is 5.69 Å². The van der Waals surface area contributed by atoms with E-state index in [0.29, 0.717) is 31.6 Å². The minimum Gasteiger partial charge on any atom is -0.465 e. The second-order valence-electron chi connectivity index (χ2n) is 7.64. The van der Waals surface area contributed by atoms with Crippen LogP contribution < -0.4 is 0 Å². The molecule has 1 aromatic rings. The number of hydrogen-bond donors (Lipinski definition) is 1. The van der Waals surface area contributed by atoms with Crippen LogP contribution in [0.1, 0.15) is 49.7 Å². The molecule has 2 heterocycles. The number of hydrogen-bond acceptors (Lipinski definition) is 3. The average molecular weight is 384 g/mol. The van der Waals surface area contributed by atoms with E-state index in [1.165, 1.54) is 4.90 Å². The molecule has 0 radical (unpaired) electrons. The number of Topliss-reactive ketones (excluding diaryl/α,β-unsaturated/α-hetero) is 1. The Kier molecular flexibility index (Phi) is 3.82. The topological polar surface area (TPSA) is 75.4 Å². The molecule has 1 unspecified atom stereocenters. The summed E-state index contributed by atoms with van der Waals surface area (Å²) in [6.45, 7) is 7.06. The molecule has 1 aliphatic carbocycles. The summed E-state index contributed by atoms with van der Waals surface area (Å²) in [5, 5.41) is 13.6. The largest absolute Gasteiger partial charge is 0.465 e. The Hall–Kier alpha value is -1.37. The van der Waals surface area contributed by atoms with E-state index in [9.17, 15) is 9.59 Å². The van der Waals surface area contributed by atoms with Gasteiger partial charge in [-0.05, 0) is 45.4 Å². The molecule has 0 bridgehead atoms. The second kappa shape index (κ2) is 5.33. The summed E-state index contributed by atoms with van der Waals surface area (Å²) < 4.78 is 1.82. The first-order valence-corrected chi connectivity index (χ1v) is 8.81. The van der Waals surface area contributed by atoms with Gasteiger partial charge < -0.3 is 10.0 Å². The maximum atomic E-state index is 13.0. The number of nitrogens with zero attached hydrogens (tertiary/aromatic N) is 3. The number of rotatable bonds is 0. The molecule has 6 nitrogen and oxygen atoms in total. The molecule has 0 saturated carbocycles. The first kappa shape index (κ1) is 16.5. The SMILES string of the molecule is CC(C)(C)n1ncc2c1C(=O)C(Br)C1(CCN(C(=O)O)CC1)C2. The molecule has 1 fully saturated rings. The van der Waals surface area contributed by atoms with Crippen LogP contribution >= 0.6 is 15.9 Å². The molecular formula is C16H22BrN3O3. The van der Waals surface area contributed by atoms with E-state index in [4.69, 9.17) is 5.11 Å². The average Bonchev–Trinajstić information content (AvgIpc) is 2.89. The van der Waals surface area contributed by atoms with Crippen molar-refractivity contribution < 1.29 is 14.7 Å². The van der Waals surface area contributed by atoms with Gasteiger partial charge >= 0.3 is 6.09 Å². The van der Waals surface area contributed by atoms with Gasteiger partial charge in [-0.2, -0.15) is 5.10 Å². The Morgan fingerprint density at radius 1 is 1.39 bits per heavy atom. The Balaban J connectivity index is 1.93. The van der Waals surface area contributed by atoms with E-state index in [-0.39, 0.29) is 21.6 Å². The zero-order chi connectivity index (χ0) is 17.0. The highest BCUT2D eigenvalue weighted by atomic mass is 79.9. The first-order chi connectivity index (χ1) is 10.7. The van der Waals surface area contributed by atoms with E-state index in [0.717, 1.165) is 12.0 Å². The van der Waals surface area contributed by atoms with E-state index in [1.807, 2.05) is 31.6 Å². The molecular weight excluding hydrogens is 362 g/mol. The molecule has 0 aromatic carbocycles. The molecule has 126 valence electrons. The summed E-state index contributed by atoms with van der Waals surface area (Å²) in [7, 11) is 0. The van der Waals surface area contributed by atoms with E-state index in [1.54, 1.807) is 0 Å². The van der Waals surface area contributed by atoms with E-state index < -0.39 is 6.09 Å². The van der Waals surface area contributed by atoms with Crippen LogP contribution in [0, 0.1) is 5.41 Å². The third kappa shape index (κ3) is 2.58. The zero-order valence-electron chi connectivity index (χ0n) is 13.7. The molecule has 1 N–H and O–H groups in total. The van der Waals surface area contributed by atoms with Crippen molar-refractivity contribution in [3.8, 4) is 0 Å². The summed E-state index contributed by atoms with van der Waals surface area (Å²) in [6.07, 6.45) is 3.09. The summed E-state index contributed by atoms with van der Waals surface area (Å²) in [5.74, 6) is 0.0717. The number of carboxylic acid groups (broad SMARTS) is 1. The lowest BCUT2D eigenvalue weighted by Crippen LogP contribution is -2.52. The number of ketones is 1. The molecule has 2 aliphatic rings. The minimum absolute atomic E-state index is 0.0717. The number of fused-ring (bicyclic) bond motifs is 1. The van der Waals surface area contributed by atoms with Crippen LogP contribution in [0.5, 0.6) is 0 Å². The van der Waals surface area contributed by atoms with Gasteiger partial charge in [-0.1, -0.05) is 15.9 Å². The Morgan fingerprint density at radius 3 is 2.52 bits per heavy atom. The predicted octanol–water partition coefficient (Wildman–Crippen LogP) is 2.90. The van der Waals surface area contributed by atoms with Crippen LogP contribution in [0.4, 0.5) is 4.79 Å². The molecule has 1 spiro atoms. The summed E-state index contributed by atoms with van der Waals surface area (Å²) in [6, 6.07) is 0. The fraction of sp³-hybridized carbons (Fsp3) is 0.688. The molecule has 3 rings (SSSR count). The fourth-order valence-electron chi connectivity index (χ4n) is 3.72. The van der Waals surface area contributed by atoms with Gasteiger partial charge in [0.15, 0.2) is 5.78 Å². The number of likely N-dealkylation sites (tertiary alicyclic amines) is 1. The van der Waals surface area contributed by atoms with Crippen molar-refractivity contribution in [1.29, 1.82) is 0 Å². The molecule has 23 heavy (non-hydrogen) atoms. The summed E-state index contributed by atoms with van der Waals surface area (Å²) in [5.41, 5.74) is 1.24. The maximum Gasteiger partial charge on any atom is 0.407 e. The third-order valence-electron chi connectivity index (χ3n) is 5.05. The number of carbonyl (C=O) groups excluding carboxylic acids is 1. The van der Waals surface area contributed by atoms with Crippen LogP contribution in [-0.2, 0) is 12.0 Å². The Labute approximate surface area is 144 Å². The summed E-state index contributed by atoms with van der Waals surface area (Å²) in [4.78, 5) is 25.3. The van der Waals surface area contributed by atoms with Crippen molar-refractivity contribution in [2.24, 2.45) is 5.41 Å². The highest BCUT2D eigenvalue weighted by molar-refractivity contribution is 9.10. The van der Waals surface area contributed by atoms with Crippen molar-refractivity contribution in [1.82, 2.24) is 14.7 Å². The third-order valence-corrected chi connectivity index (χ3v) is 6.44. The van der Waals surface area contributed by atoms with Crippen molar-refractivity contribution in [2.45, 2.75) is 50.4 Å². The monoisotopic (exact) mass is 383 g/mol. The van der Waals surface area contributed by atoms with Crippen molar-refractivity contribution in [2.75, 3.05) is 13.1 Å². The van der Waals surface area contributed by atoms with Crippen molar-refractivity contribution in [3.63, 3.8) is 0 Å². The number of amides is 1. The molecule has 1 amide bonds. The second-order valence-corrected chi connectivity index (χ2v) is 8.55. The van der Waals surface area contributed by atoms with Crippen LogP contribution in [-0.4, -0.2) is 49.6 Å². The van der Waals surface area contributed by atoms with E-state index >= 15 is 0 Å². The van der Waals surface area contributed by atoms with Crippen LogP contribution in [0.25, 0.3) is 0 Å². The Morgan fingerprint density at radius 2 is 2.00 bits per heavy atom. The van der Waals surface area contributed by atoms with Gasteiger partial charge in [0, 0.05) is 18.7 Å². The highest BCUT2D eigenvalue weighted by Gasteiger charge is 2.50. The fourth-order valence-corrected chi connectivity index (χ4v) is 4.56. The number of piperidine rings is 1. The quantitative estimate of drug-likeness (QED) is 0.698. The number of alkyl halides is 1.